The second kappa shape index (κ2) is 19.6. The number of aromatic nitrogens is 12. The minimum Gasteiger partial charge on any atom is -0.468 e. The first-order chi connectivity index (χ1) is 32.6. The van der Waals surface area contributed by atoms with Crippen molar-refractivity contribution < 1.29 is 71.3 Å². The number of nitrogens with zero attached hydrogens (tertiary/aromatic N) is 12. The summed E-state index contributed by atoms with van der Waals surface area (Å²) < 4.78 is 63.6. The lowest BCUT2D eigenvalue weighted by atomic mass is 10.1. The highest BCUT2D eigenvalue weighted by Crippen LogP contribution is 2.54. The molecule has 3 saturated heterocycles. The van der Waals surface area contributed by atoms with Gasteiger partial charge >= 0.3 is 13.4 Å². The predicted octanol–water partition coefficient (Wildman–Crippen LogP) is -1.50. The highest BCUT2D eigenvalue weighted by atomic mass is 32.5. The van der Waals surface area contributed by atoms with Crippen LogP contribution in [0.4, 0.5) is 17.5 Å². The number of anilines is 3. The fraction of sp³-hybridized carbons (Fsp3) is 0.529. The number of nitrogen functional groups attached to an aromatic ring is 3. The average molecular weight is 1030 g/mol. The van der Waals surface area contributed by atoms with E-state index in [2.05, 4.69) is 44.9 Å². The summed E-state index contributed by atoms with van der Waals surface area (Å²) in [4.78, 5) is 71.8. The van der Waals surface area contributed by atoms with E-state index >= 15 is 0 Å². The van der Waals surface area contributed by atoms with Crippen molar-refractivity contribution in [1.82, 2.24) is 58.6 Å². The van der Waals surface area contributed by atoms with Crippen LogP contribution in [0, 0.1) is 0 Å². The van der Waals surface area contributed by atoms with Gasteiger partial charge in [-0.2, -0.15) is 0 Å². The Kier molecular flexibility index (Phi) is 13.9. The van der Waals surface area contributed by atoms with E-state index in [1.807, 2.05) is 0 Å². The number of hydrogen-bond acceptors (Lipinski definition) is 27. The molecule has 30 nitrogen and oxygen atoms in total. The van der Waals surface area contributed by atoms with Crippen molar-refractivity contribution in [3.8, 4) is 0 Å². The van der Waals surface area contributed by atoms with E-state index in [0.717, 1.165) is 0 Å². The van der Waals surface area contributed by atoms with Crippen LogP contribution < -0.4 is 17.2 Å². The molecular formula is C34H43N15O15P2S2. The Morgan fingerprint density at radius 3 is 1.49 bits per heavy atom. The van der Waals surface area contributed by atoms with Crippen LogP contribution in [-0.4, -0.2) is 174 Å². The van der Waals surface area contributed by atoms with E-state index < -0.39 is 100 Å². The van der Waals surface area contributed by atoms with Crippen LogP contribution in [0.3, 0.4) is 0 Å². The molecule has 0 amide bonds. The molecule has 10 N–H and O–H groups in total. The third-order valence-corrected chi connectivity index (χ3v) is 14.5. The van der Waals surface area contributed by atoms with Gasteiger partial charge in [-0.15, -0.1) is 0 Å². The van der Waals surface area contributed by atoms with E-state index in [1.165, 1.54) is 65.9 Å². The summed E-state index contributed by atoms with van der Waals surface area (Å²) in [7, 11) is 2.72. The van der Waals surface area contributed by atoms with Crippen LogP contribution in [0.25, 0.3) is 33.5 Å². The Bertz CT molecular complexity index is 2890. The van der Waals surface area contributed by atoms with Crippen molar-refractivity contribution >= 4 is 94.5 Å². The number of hydrogen-bond donors (Lipinski definition) is 7. The predicted molar refractivity (Wildman–Crippen MR) is 236 cm³/mol. The van der Waals surface area contributed by atoms with E-state index in [1.54, 1.807) is 0 Å². The van der Waals surface area contributed by atoms with E-state index in [9.17, 15) is 24.8 Å². The van der Waals surface area contributed by atoms with Gasteiger partial charge in [0.25, 0.3) is 6.47 Å². The Balaban J connectivity index is 0.936. The molecule has 34 heteroatoms. The number of fused-ring (bicyclic) bond motifs is 3. The highest BCUT2D eigenvalue weighted by Gasteiger charge is 2.53. The van der Waals surface area contributed by atoms with Gasteiger partial charge in [-0.25, -0.2) is 44.9 Å². The second-order valence-corrected chi connectivity index (χ2v) is 20.8. The Labute approximate surface area is 392 Å². The maximum atomic E-state index is 11.7. The number of imidazole rings is 3. The SMILES string of the molecule is CO[C@H]1[C@@H](O[P@@](O)(=S)OC[C@H]2O[C@@H](n3cnc4c(N)ncnc43)[C@H](O[P@@](O)(=S)OC[C@H]3O[C@@H](n4cnc5c(N)ncnc54)[C@H](O)[C@@H]3O)[C@@H]2OC)[C@H](n2cnc3c(N)ncnc32)O[C@@H]1CCOC=O. The first-order valence-corrected chi connectivity index (χ1v) is 25.4. The molecule has 0 unspecified atom stereocenters. The van der Waals surface area contributed by atoms with Gasteiger partial charge in [-0.05, 0) is 23.6 Å². The van der Waals surface area contributed by atoms with Crippen molar-refractivity contribution in [2.45, 2.75) is 80.0 Å². The minimum absolute atomic E-state index is 0.0350. The van der Waals surface area contributed by atoms with Crippen molar-refractivity contribution in [2.24, 2.45) is 0 Å². The minimum atomic E-state index is -4.36. The molecule has 9 heterocycles. The van der Waals surface area contributed by atoms with Gasteiger partial charge < -0.3 is 74.7 Å². The van der Waals surface area contributed by atoms with Crippen LogP contribution in [0.5, 0.6) is 0 Å². The number of rotatable bonds is 19. The van der Waals surface area contributed by atoms with Crippen LogP contribution in [0.2, 0.25) is 0 Å². The zero-order valence-electron chi connectivity index (χ0n) is 35.4. The second-order valence-electron chi connectivity index (χ2n) is 15.3. The molecule has 3 fully saturated rings. The number of aliphatic hydroxyl groups excluding tert-OH is 2. The molecule has 6 aromatic heterocycles. The fourth-order valence-electron chi connectivity index (χ4n) is 8.23. The number of ether oxygens (including phenoxy) is 6. The zero-order valence-corrected chi connectivity index (χ0v) is 38.8. The van der Waals surface area contributed by atoms with Crippen molar-refractivity contribution in [2.75, 3.05) is 51.2 Å². The molecule has 3 aliphatic heterocycles. The highest BCUT2D eigenvalue weighted by molar-refractivity contribution is 8.07. The van der Waals surface area contributed by atoms with E-state index in [0.29, 0.717) is 6.47 Å². The maximum absolute atomic E-state index is 11.7. The molecule has 0 radical (unpaired) electrons. The van der Waals surface area contributed by atoms with Crippen molar-refractivity contribution in [3.63, 3.8) is 0 Å². The number of nitrogens with two attached hydrogens (primary N) is 3. The number of methoxy groups -OCH3 is 2. The summed E-state index contributed by atoms with van der Waals surface area (Å²) in [5, 5.41) is 22.0. The molecule has 0 aliphatic carbocycles. The van der Waals surface area contributed by atoms with Gasteiger partial charge in [0.05, 0.1) is 44.9 Å². The lowest BCUT2D eigenvalue weighted by molar-refractivity contribution is -0.130. The molecule has 6 aromatic rings. The quantitative estimate of drug-likeness (QED) is 0.0276. The van der Waals surface area contributed by atoms with E-state index in [-0.39, 0.29) is 64.0 Å². The lowest BCUT2D eigenvalue weighted by Crippen LogP contribution is -2.38. The number of aliphatic hydroxyl groups is 2. The topological polar surface area (TPSA) is 399 Å². The molecule has 0 spiro atoms. The summed E-state index contributed by atoms with van der Waals surface area (Å²) >= 11 is 11.0. The largest absolute Gasteiger partial charge is 0.468 e. The fourth-order valence-corrected chi connectivity index (χ4v) is 11.0. The van der Waals surface area contributed by atoms with Crippen molar-refractivity contribution in [1.29, 1.82) is 0 Å². The Hall–Kier alpha value is -4.70. The van der Waals surface area contributed by atoms with Gasteiger partial charge in [0.1, 0.15) is 84.4 Å². The summed E-state index contributed by atoms with van der Waals surface area (Å²) in [6.07, 6.45) is -6.45. The van der Waals surface area contributed by atoms with Crippen LogP contribution in [-0.2, 0) is 74.9 Å². The van der Waals surface area contributed by atoms with Crippen LogP contribution in [0.15, 0.2) is 38.0 Å². The molecule has 366 valence electrons. The van der Waals surface area contributed by atoms with Gasteiger partial charge in [0.15, 0.2) is 53.1 Å². The zero-order chi connectivity index (χ0) is 48.1. The molecule has 0 aromatic carbocycles. The summed E-state index contributed by atoms with van der Waals surface area (Å²) in [5.41, 5.74) is 19.5. The normalized spacial score (nSPS) is 30.3. The van der Waals surface area contributed by atoms with E-state index in [4.69, 9.17) is 87.3 Å². The lowest BCUT2D eigenvalue weighted by Gasteiger charge is -2.29. The molecule has 14 atom stereocenters. The molecular weight excluding hydrogens is 985 g/mol. The summed E-state index contributed by atoms with van der Waals surface area (Å²) in [6, 6.07) is 0. The monoisotopic (exact) mass is 1030 g/mol. The summed E-state index contributed by atoms with van der Waals surface area (Å²) in [5.74, 6) is 0.249. The van der Waals surface area contributed by atoms with Gasteiger partial charge in [0.2, 0.25) is 0 Å². The van der Waals surface area contributed by atoms with Gasteiger partial charge in [0, 0.05) is 20.6 Å². The molecule has 3 aliphatic rings. The number of carbonyl (C=O) groups excluding carboxylic acids is 1. The molecule has 0 saturated carbocycles. The first-order valence-electron chi connectivity index (χ1n) is 20.2. The summed E-state index contributed by atoms with van der Waals surface area (Å²) in [6.45, 7) is -9.48. The molecule has 0 bridgehead atoms. The molecule has 68 heavy (non-hydrogen) atoms. The Morgan fingerprint density at radius 2 is 1.03 bits per heavy atom. The maximum Gasteiger partial charge on any atom is 0.325 e. The Morgan fingerprint density at radius 1 is 0.618 bits per heavy atom. The van der Waals surface area contributed by atoms with Crippen LogP contribution >= 0.6 is 13.4 Å². The van der Waals surface area contributed by atoms with Crippen LogP contribution in [0.1, 0.15) is 25.1 Å². The smallest absolute Gasteiger partial charge is 0.325 e. The van der Waals surface area contributed by atoms with Gasteiger partial charge in [-0.1, -0.05) is 0 Å². The molecule has 9 rings (SSSR count). The third kappa shape index (κ3) is 9.24. The first kappa shape index (κ1) is 48.3. The third-order valence-electron chi connectivity index (χ3n) is 11.3. The van der Waals surface area contributed by atoms with Crippen molar-refractivity contribution in [3.05, 3.63) is 38.0 Å². The average Bonchev–Trinajstić information content (AvgIpc) is 4.17. The standard InChI is InChI=1S/C34H43N15O15P2S2/c1-55-22-14(3-4-57-13-50)60-33(48-11-45-18-27(36)39-8-42-30(18)48)24(22)63-66(54,68)59-6-16-23(56-2)25(34(62-16)49-12-46-19-28(37)40-9-43-31(19)49)64-65(53,67)58-5-15-20(51)21(52)32(61-15)47-10-44-17-26(35)38-7-41-29(17)47/h7-16,20-25,32-34,51-52H,3-6H2,1-2H3,(H,53,67)(H,54,68)(H2,35,38,41)(H2,36,39,42)(H2,37,40,43)/t14-,15-,16-,20-,21-,22-,23-,24-,25-,32-,33-,34-,65+,66+/m1/s1. The number of carbonyl (C=O) groups is 1. The van der Waals surface area contributed by atoms with Gasteiger partial charge in [-0.3, -0.25) is 27.5 Å².